The quantitative estimate of drug-likeness (QED) is 0.718. The summed E-state index contributed by atoms with van der Waals surface area (Å²) in [6.07, 6.45) is 19.2. The van der Waals surface area contributed by atoms with E-state index in [1.807, 2.05) is 0 Å². The first-order chi connectivity index (χ1) is 10.4. The number of ether oxygens (including phenoxy) is 1. The normalized spacial score (nSPS) is 32.6. The Kier molecular flexibility index (Phi) is 6.42. The molecule has 3 rings (SSSR count). The zero-order chi connectivity index (χ0) is 14.3. The van der Waals surface area contributed by atoms with Crippen LogP contribution < -0.4 is 5.32 Å². The summed E-state index contributed by atoms with van der Waals surface area (Å²) in [7, 11) is 0. The molecular formula is C19H35NO. The van der Waals surface area contributed by atoms with E-state index in [0.29, 0.717) is 6.10 Å². The molecule has 3 aliphatic rings. The Morgan fingerprint density at radius 3 is 2.19 bits per heavy atom. The van der Waals surface area contributed by atoms with Gasteiger partial charge in [-0.05, 0) is 37.5 Å². The molecular weight excluding hydrogens is 258 g/mol. The molecule has 122 valence electrons. The van der Waals surface area contributed by atoms with E-state index in [1.165, 1.54) is 83.5 Å². The summed E-state index contributed by atoms with van der Waals surface area (Å²) in [6.45, 7) is 2.00. The van der Waals surface area contributed by atoms with Crippen molar-refractivity contribution in [2.24, 2.45) is 11.8 Å². The van der Waals surface area contributed by atoms with Crippen molar-refractivity contribution in [1.82, 2.24) is 5.32 Å². The van der Waals surface area contributed by atoms with Crippen LogP contribution in [0.5, 0.6) is 0 Å². The summed E-state index contributed by atoms with van der Waals surface area (Å²) in [6, 6.07) is 0.786. The Morgan fingerprint density at radius 2 is 1.38 bits per heavy atom. The van der Waals surface area contributed by atoms with Crippen LogP contribution in [0.3, 0.4) is 0 Å². The second-order valence-corrected chi connectivity index (χ2v) is 7.68. The molecule has 0 aliphatic heterocycles. The van der Waals surface area contributed by atoms with E-state index in [-0.39, 0.29) is 0 Å². The van der Waals surface area contributed by atoms with E-state index >= 15 is 0 Å². The zero-order valence-electron chi connectivity index (χ0n) is 13.8. The summed E-state index contributed by atoms with van der Waals surface area (Å²) in [5.41, 5.74) is 0. The maximum absolute atomic E-state index is 6.01. The average Bonchev–Trinajstić information content (AvgIpc) is 3.06. The molecule has 0 aromatic carbocycles. The molecule has 3 saturated carbocycles. The Morgan fingerprint density at radius 1 is 0.714 bits per heavy atom. The minimum Gasteiger partial charge on any atom is -0.377 e. The van der Waals surface area contributed by atoms with Crippen LogP contribution in [0.4, 0.5) is 0 Å². The molecule has 21 heavy (non-hydrogen) atoms. The fourth-order valence-electron chi connectivity index (χ4n) is 5.06. The van der Waals surface area contributed by atoms with Crippen LogP contribution in [-0.4, -0.2) is 25.3 Å². The number of hydrogen-bond acceptors (Lipinski definition) is 2. The second-order valence-electron chi connectivity index (χ2n) is 7.68. The Labute approximate surface area is 131 Å². The van der Waals surface area contributed by atoms with Gasteiger partial charge in [0, 0.05) is 12.6 Å². The fourth-order valence-corrected chi connectivity index (χ4v) is 5.06. The molecule has 2 atom stereocenters. The molecule has 0 radical (unpaired) electrons. The van der Waals surface area contributed by atoms with Gasteiger partial charge in [-0.25, -0.2) is 0 Å². The molecule has 3 fully saturated rings. The fraction of sp³-hybridized carbons (Fsp3) is 1.00. The highest BCUT2D eigenvalue weighted by molar-refractivity contribution is 4.86. The first-order valence-corrected chi connectivity index (χ1v) is 9.78. The number of nitrogens with one attached hydrogen (secondary N) is 1. The average molecular weight is 293 g/mol. The first-order valence-electron chi connectivity index (χ1n) is 9.78. The highest BCUT2D eigenvalue weighted by Gasteiger charge is 2.32. The molecule has 0 bridgehead atoms. The van der Waals surface area contributed by atoms with Crippen LogP contribution in [0.1, 0.15) is 83.5 Å². The monoisotopic (exact) mass is 293 g/mol. The van der Waals surface area contributed by atoms with Gasteiger partial charge in [0.25, 0.3) is 0 Å². The van der Waals surface area contributed by atoms with Crippen LogP contribution in [0.15, 0.2) is 0 Å². The first kappa shape index (κ1) is 15.8. The van der Waals surface area contributed by atoms with Crippen molar-refractivity contribution in [3.63, 3.8) is 0 Å². The highest BCUT2D eigenvalue weighted by Crippen LogP contribution is 2.38. The van der Waals surface area contributed by atoms with Crippen LogP contribution in [-0.2, 0) is 4.74 Å². The molecule has 0 heterocycles. The van der Waals surface area contributed by atoms with Gasteiger partial charge in [-0.1, -0.05) is 57.8 Å². The molecule has 2 unspecified atom stereocenters. The maximum atomic E-state index is 6.01. The number of rotatable bonds is 6. The van der Waals surface area contributed by atoms with Crippen LogP contribution in [0.25, 0.3) is 0 Å². The van der Waals surface area contributed by atoms with Crippen molar-refractivity contribution in [3.8, 4) is 0 Å². The molecule has 2 heteroatoms. The Hall–Kier alpha value is -0.0800. The maximum Gasteiger partial charge on any atom is 0.0594 e. The third kappa shape index (κ3) is 4.69. The predicted octanol–water partition coefficient (Wildman–Crippen LogP) is 4.67. The van der Waals surface area contributed by atoms with Gasteiger partial charge < -0.3 is 10.1 Å². The van der Waals surface area contributed by atoms with Crippen LogP contribution in [0.2, 0.25) is 0 Å². The predicted molar refractivity (Wildman–Crippen MR) is 88.5 cm³/mol. The number of hydrogen-bond donors (Lipinski definition) is 1. The largest absolute Gasteiger partial charge is 0.377 e. The van der Waals surface area contributed by atoms with Gasteiger partial charge in [-0.3, -0.25) is 0 Å². The molecule has 3 aliphatic carbocycles. The summed E-state index contributed by atoms with van der Waals surface area (Å²) in [4.78, 5) is 0. The van der Waals surface area contributed by atoms with Gasteiger partial charge in [-0.2, -0.15) is 0 Å². The molecule has 0 spiro atoms. The van der Waals surface area contributed by atoms with Crippen LogP contribution in [0, 0.1) is 11.8 Å². The zero-order valence-corrected chi connectivity index (χ0v) is 13.8. The van der Waals surface area contributed by atoms with Gasteiger partial charge in [0.2, 0.25) is 0 Å². The lowest BCUT2D eigenvalue weighted by molar-refractivity contribution is 0.0545. The van der Waals surface area contributed by atoms with E-state index in [4.69, 9.17) is 4.74 Å². The summed E-state index contributed by atoms with van der Waals surface area (Å²) in [5, 5.41) is 3.87. The van der Waals surface area contributed by atoms with E-state index in [0.717, 1.165) is 31.0 Å². The van der Waals surface area contributed by atoms with E-state index in [2.05, 4.69) is 5.32 Å². The molecule has 2 nitrogen and oxygen atoms in total. The molecule has 0 aromatic rings. The molecule has 0 aromatic heterocycles. The van der Waals surface area contributed by atoms with E-state index in [1.54, 1.807) is 0 Å². The van der Waals surface area contributed by atoms with Crippen molar-refractivity contribution in [1.29, 1.82) is 0 Å². The lowest BCUT2D eigenvalue weighted by Crippen LogP contribution is -2.43. The molecule has 0 saturated heterocycles. The Balaban J connectivity index is 1.38. The molecule has 1 N–H and O–H groups in total. The van der Waals surface area contributed by atoms with Crippen molar-refractivity contribution >= 4 is 0 Å². The summed E-state index contributed by atoms with van der Waals surface area (Å²) < 4.78 is 6.01. The van der Waals surface area contributed by atoms with Crippen molar-refractivity contribution in [3.05, 3.63) is 0 Å². The third-order valence-corrected chi connectivity index (χ3v) is 6.24. The Bertz CT molecular complexity index is 281. The minimum atomic E-state index is 0.576. The topological polar surface area (TPSA) is 21.3 Å². The lowest BCUT2D eigenvalue weighted by Gasteiger charge is -2.39. The van der Waals surface area contributed by atoms with E-state index < -0.39 is 0 Å². The smallest absolute Gasteiger partial charge is 0.0594 e. The van der Waals surface area contributed by atoms with Crippen molar-refractivity contribution in [2.45, 2.75) is 95.6 Å². The standard InChI is InChI=1S/C19H35NO/c1-2-8-16(9-3-1)18-12-6-7-13-19(18)20-14-15-21-17-10-4-5-11-17/h16-20H,1-15H2. The van der Waals surface area contributed by atoms with Gasteiger partial charge >= 0.3 is 0 Å². The van der Waals surface area contributed by atoms with Crippen LogP contribution >= 0.6 is 0 Å². The van der Waals surface area contributed by atoms with E-state index in [9.17, 15) is 0 Å². The van der Waals surface area contributed by atoms with Gasteiger partial charge in [-0.15, -0.1) is 0 Å². The summed E-state index contributed by atoms with van der Waals surface area (Å²) >= 11 is 0. The van der Waals surface area contributed by atoms with Crippen molar-refractivity contribution in [2.75, 3.05) is 13.2 Å². The van der Waals surface area contributed by atoms with Gasteiger partial charge in [0.15, 0.2) is 0 Å². The highest BCUT2D eigenvalue weighted by atomic mass is 16.5. The SMILES string of the molecule is C1CCC(C2CCCCC2NCCOC2CCCC2)CC1. The van der Waals surface area contributed by atoms with Crippen molar-refractivity contribution < 1.29 is 4.74 Å². The second kappa shape index (κ2) is 8.53. The lowest BCUT2D eigenvalue weighted by atomic mass is 9.71. The minimum absolute atomic E-state index is 0.576. The van der Waals surface area contributed by atoms with Gasteiger partial charge in [0.05, 0.1) is 12.7 Å². The van der Waals surface area contributed by atoms with Gasteiger partial charge in [0.1, 0.15) is 0 Å². The molecule has 0 amide bonds. The third-order valence-electron chi connectivity index (χ3n) is 6.24. The summed E-state index contributed by atoms with van der Waals surface area (Å²) in [5.74, 6) is 1.98.